The molecular weight excluding hydrogens is 271 g/mol. The number of ether oxygens (including phenoxy) is 1. The van der Waals surface area contributed by atoms with Crippen LogP contribution in [0.2, 0.25) is 5.02 Å². The van der Waals surface area contributed by atoms with Crippen molar-refractivity contribution >= 4 is 11.6 Å². The van der Waals surface area contributed by atoms with E-state index in [0.717, 1.165) is 6.20 Å². The maximum Gasteiger partial charge on any atom is 0.330 e. The summed E-state index contributed by atoms with van der Waals surface area (Å²) in [5, 5.41) is 18.4. The predicted molar refractivity (Wildman–Crippen MR) is 58.0 cm³/mol. The van der Waals surface area contributed by atoms with E-state index in [-0.39, 0.29) is 0 Å². The fourth-order valence-corrected chi connectivity index (χ4v) is 1.80. The molecule has 9 heteroatoms. The molecular formula is C9H10ClFN2O5. The Balaban J connectivity index is 2.43. The van der Waals surface area contributed by atoms with Crippen LogP contribution in [0.15, 0.2) is 15.8 Å². The molecule has 0 unspecified atom stereocenters. The first-order valence-electron chi connectivity index (χ1n) is 5.83. The van der Waals surface area contributed by atoms with E-state index in [2.05, 4.69) is 4.74 Å². The zero-order chi connectivity index (χ0) is 15.3. The Morgan fingerprint density at radius 2 is 2.44 bits per heavy atom. The molecule has 0 saturated carbocycles. The Hall–Kier alpha value is -1.22. The molecule has 0 bridgehead atoms. The van der Waals surface area contributed by atoms with Crippen LogP contribution < -0.4 is 11.2 Å². The second kappa shape index (κ2) is 4.47. The lowest BCUT2D eigenvalue weighted by Crippen LogP contribution is -2.36. The van der Waals surface area contributed by atoms with E-state index < -0.39 is 47.4 Å². The first-order valence-corrected chi connectivity index (χ1v) is 5.21. The van der Waals surface area contributed by atoms with Gasteiger partial charge in [-0.3, -0.25) is 14.3 Å². The normalized spacial score (nSPS) is 34.2. The van der Waals surface area contributed by atoms with Crippen molar-refractivity contribution in [2.24, 2.45) is 0 Å². The van der Waals surface area contributed by atoms with Gasteiger partial charge in [-0.1, -0.05) is 11.6 Å². The quantitative estimate of drug-likeness (QED) is 0.654. The highest BCUT2D eigenvalue weighted by Crippen LogP contribution is 2.36. The average Bonchev–Trinajstić information content (AvgIpc) is 2.60. The molecule has 0 spiro atoms. The SMILES string of the molecule is [2H]C([2H])(O)[C@]1(F)C[C@@H](O)[C@H](n2cc(Cl)c(=O)[nH]c2=O)O1. The van der Waals surface area contributed by atoms with Gasteiger partial charge in [0.1, 0.15) is 17.7 Å². The van der Waals surface area contributed by atoms with Crippen molar-refractivity contribution in [1.82, 2.24) is 9.55 Å². The summed E-state index contributed by atoms with van der Waals surface area (Å²) in [5.41, 5.74) is -1.89. The van der Waals surface area contributed by atoms with Crippen molar-refractivity contribution in [1.29, 1.82) is 0 Å². The summed E-state index contributed by atoms with van der Waals surface area (Å²) in [6.45, 7) is -3.38. The van der Waals surface area contributed by atoms with Crippen LogP contribution in [-0.4, -0.2) is 38.3 Å². The molecule has 2 rings (SSSR count). The van der Waals surface area contributed by atoms with Gasteiger partial charge in [0.15, 0.2) is 6.23 Å². The number of H-pyrrole nitrogens is 1. The molecule has 1 aromatic rings. The van der Waals surface area contributed by atoms with Crippen LogP contribution in [0.4, 0.5) is 4.39 Å². The Morgan fingerprint density at radius 3 is 3.00 bits per heavy atom. The molecule has 7 nitrogen and oxygen atoms in total. The average molecular weight is 283 g/mol. The van der Waals surface area contributed by atoms with E-state index in [1.807, 2.05) is 4.98 Å². The number of rotatable bonds is 2. The molecule has 3 N–H and O–H groups in total. The third kappa shape index (κ3) is 2.19. The van der Waals surface area contributed by atoms with Crippen molar-refractivity contribution in [3.05, 3.63) is 32.1 Å². The Morgan fingerprint density at radius 1 is 1.78 bits per heavy atom. The number of aromatic amines is 1. The van der Waals surface area contributed by atoms with E-state index in [0.29, 0.717) is 4.57 Å². The van der Waals surface area contributed by atoms with Gasteiger partial charge in [0, 0.05) is 12.6 Å². The van der Waals surface area contributed by atoms with E-state index in [9.17, 15) is 19.1 Å². The van der Waals surface area contributed by atoms with Crippen LogP contribution in [0, 0.1) is 0 Å². The molecule has 0 amide bonds. The van der Waals surface area contributed by atoms with Gasteiger partial charge in [-0.15, -0.1) is 0 Å². The number of alkyl halides is 1. The third-order valence-electron chi connectivity index (χ3n) is 2.47. The number of nitrogens with zero attached hydrogens (tertiary/aromatic N) is 1. The Kier molecular flexibility index (Phi) is 2.65. The van der Waals surface area contributed by atoms with Crippen molar-refractivity contribution in [2.45, 2.75) is 24.6 Å². The molecule has 0 aliphatic carbocycles. The number of aliphatic hydroxyl groups excluding tert-OH is 1. The summed E-state index contributed by atoms with van der Waals surface area (Å²) < 4.78 is 33.2. The second-order valence-electron chi connectivity index (χ2n) is 3.76. The van der Waals surface area contributed by atoms with Crippen molar-refractivity contribution in [3.8, 4) is 0 Å². The molecule has 100 valence electrons. The number of hydrogen-bond acceptors (Lipinski definition) is 5. The summed E-state index contributed by atoms with van der Waals surface area (Å²) in [7, 11) is 0. The maximum atomic E-state index is 14.1. The van der Waals surface area contributed by atoms with Gasteiger partial charge in [-0.05, 0) is 0 Å². The van der Waals surface area contributed by atoms with Gasteiger partial charge in [-0.2, -0.15) is 0 Å². The Labute approximate surface area is 107 Å². The summed E-state index contributed by atoms with van der Waals surface area (Å²) in [5.74, 6) is -3.20. The number of nitrogens with one attached hydrogen (secondary N) is 1. The maximum absolute atomic E-state index is 14.1. The van der Waals surface area contributed by atoms with Crippen LogP contribution in [-0.2, 0) is 4.74 Å². The van der Waals surface area contributed by atoms with Crippen molar-refractivity contribution in [3.63, 3.8) is 0 Å². The minimum atomic E-state index is -3.38. The monoisotopic (exact) mass is 282 g/mol. The zero-order valence-electron chi connectivity index (χ0n) is 10.8. The molecule has 1 saturated heterocycles. The van der Waals surface area contributed by atoms with E-state index in [1.54, 1.807) is 0 Å². The number of halogens is 2. The van der Waals surface area contributed by atoms with Gasteiger partial charge >= 0.3 is 5.69 Å². The lowest BCUT2D eigenvalue weighted by molar-refractivity contribution is -0.180. The molecule has 1 aromatic heterocycles. The van der Waals surface area contributed by atoms with Crippen LogP contribution in [0.25, 0.3) is 0 Å². The van der Waals surface area contributed by atoms with Gasteiger partial charge in [-0.25, -0.2) is 9.18 Å². The first-order chi connectivity index (χ1) is 9.05. The molecule has 0 radical (unpaired) electrons. The third-order valence-corrected chi connectivity index (χ3v) is 2.74. The summed E-state index contributed by atoms with van der Waals surface area (Å²) in [6, 6.07) is 0. The fraction of sp³-hybridized carbons (Fsp3) is 0.556. The van der Waals surface area contributed by atoms with Crippen LogP contribution in [0.5, 0.6) is 0 Å². The lowest BCUT2D eigenvalue weighted by Gasteiger charge is -2.19. The van der Waals surface area contributed by atoms with Crippen LogP contribution in [0.3, 0.4) is 0 Å². The predicted octanol–water partition coefficient (Wildman–Crippen LogP) is -0.872. The summed E-state index contributed by atoms with van der Waals surface area (Å²) in [6.07, 6.45) is -3.33. The second-order valence-corrected chi connectivity index (χ2v) is 4.17. The lowest BCUT2D eigenvalue weighted by atomic mass is 10.2. The van der Waals surface area contributed by atoms with Crippen molar-refractivity contribution in [2.75, 3.05) is 6.56 Å². The topological polar surface area (TPSA) is 105 Å². The number of hydrogen-bond donors (Lipinski definition) is 3. The minimum absolute atomic E-state index is 0.399. The molecule has 2 heterocycles. The number of aliphatic hydroxyl groups is 2. The van der Waals surface area contributed by atoms with Gasteiger partial charge in [0.05, 0.1) is 2.74 Å². The molecule has 1 aliphatic rings. The fourth-order valence-electron chi connectivity index (χ4n) is 1.65. The highest BCUT2D eigenvalue weighted by molar-refractivity contribution is 6.30. The summed E-state index contributed by atoms with van der Waals surface area (Å²) in [4.78, 5) is 24.5. The molecule has 1 aliphatic heterocycles. The molecule has 1 fully saturated rings. The van der Waals surface area contributed by atoms with Gasteiger partial charge < -0.3 is 14.9 Å². The van der Waals surface area contributed by atoms with E-state index in [1.165, 1.54) is 0 Å². The highest BCUT2D eigenvalue weighted by Gasteiger charge is 2.47. The number of aromatic nitrogens is 2. The van der Waals surface area contributed by atoms with Crippen molar-refractivity contribution < 1.29 is 22.1 Å². The zero-order valence-corrected chi connectivity index (χ0v) is 9.52. The largest absolute Gasteiger partial charge is 0.390 e. The standard InChI is InChI=1S/C9H10ClFN2O5/c10-4-2-13(8(17)12-6(4)16)7-5(15)1-9(11,3-14)18-7/h2,5,7,14-15H,1,3H2,(H,12,16,17)/t5-,7-,9+/m1/s1/i3D2. The van der Waals surface area contributed by atoms with E-state index in [4.69, 9.17) is 19.4 Å². The van der Waals surface area contributed by atoms with Crippen LogP contribution >= 0.6 is 11.6 Å². The summed E-state index contributed by atoms with van der Waals surface area (Å²) >= 11 is 5.52. The minimum Gasteiger partial charge on any atom is -0.390 e. The molecule has 3 atom stereocenters. The molecule has 18 heavy (non-hydrogen) atoms. The van der Waals surface area contributed by atoms with E-state index >= 15 is 0 Å². The van der Waals surface area contributed by atoms with Crippen LogP contribution in [0.1, 0.15) is 15.4 Å². The smallest absolute Gasteiger partial charge is 0.330 e. The van der Waals surface area contributed by atoms with Gasteiger partial charge in [0.25, 0.3) is 5.56 Å². The van der Waals surface area contributed by atoms with Gasteiger partial charge in [0.2, 0.25) is 5.85 Å². The molecule has 0 aromatic carbocycles. The highest BCUT2D eigenvalue weighted by atomic mass is 35.5. The Bertz CT molecular complexity index is 644. The first kappa shape index (κ1) is 10.7.